The molecule has 2 aromatic rings. The lowest BCUT2D eigenvalue weighted by molar-refractivity contribution is -0.121. The van der Waals surface area contributed by atoms with E-state index in [0.29, 0.717) is 30.5 Å². The minimum absolute atomic E-state index is 0.0458. The second kappa shape index (κ2) is 8.62. The van der Waals surface area contributed by atoms with Crippen molar-refractivity contribution in [3.63, 3.8) is 0 Å². The Morgan fingerprint density at radius 1 is 0.963 bits per heavy atom. The number of imide groups is 1. The molecule has 0 atom stereocenters. The number of nitrogens with zero attached hydrogens (tertiary/aromatic N) is 1. The summed E-state index contributed by atoms with van der Waals surface area (Å²) in [6.07, 6.45) is 2.58. The third-order valence-electron chi connectivity index (χ3n) is 4.72. The molecule has 1 aliphatic heterocycles. The number of aryl methyl sites for hydroxylation is 2. The maximum absolute atomic E-state index is 12.4. The number of nitrogens with one attached hydrogen (secondary N) is 1. The van der Waals surface area contributed by atoms with Gasteiger partial charge in [0.1, 0.15) is 0 Å². The Bertz CT molecular complexity index is 846. The Hall–Kier alpha value is -2.95. The zero-order valence-electron chi connectivity index (χ0n) is 15.5. The molecule has 0 spiro atoms. The maximum Gasteiger partial charge on any atom is 0.261 e. The zero-order chi connectivity index (χ0) is 19.2. The van der Waals surface area contributed by atoms with Crippen molar-refractivity contribution < 1.29 is 14.4 Å². The molecule has 1 aliphatic rings. The lowest BCUT2D eigenvalue weighted by atomic mass is 10.1. The molecule has 0 fully saturated rings. The highest BCUT2D eigenvalue weighted by atomic mass is 16.2. The molecule has 1 heterocycles. The maximum atomic E-state index is 12.4. The van der Waals surface area contributed by atoms with Gasteiger partial charge in [0.2, 0.25) is 5.91 Å². The molecule has 0 aromatic heterocycles. The molecule has 5 nitrogen and oxygen atoms in total. The van der Waals surface area contributed by atoms with Crippen LogP contribution in [-0.4, -0.2) is 35.7 Å². The number of carbonyl (C=O) groups is 3. The van der Waals surface area contributed by atoms with Crippen LogP contribution in [-0.2, 0) is 11.2 Å². The van der Waals surface area contributed by atoms with Crippen LogP contribution in [0, 0.1) is 6.92 Å². The first-order chi connectivity index (χ1) is 13.1. The van der Waals surface area contributed by atoms with E-state index in [1.54, 1.807) is 12.1 Å². The number of benzene rings is 2. The molecule has 5 heteroatoms. The van der Waals surface area contributed by atoms with Gasteiger partial charge in [0.05, 0.1) is 11.1 Å². The fourth-order valence-corrected chi connectivity index (χ4v) is 3.26. The van der Waals surface area contributed by atoms with Crippen LogP contribution in [0.25, 0.3) is 0 Å². The van der Waals surface area contributed by atoms with Gasteiger partial charge in [-0.1, -0.05) is 42.0 Å². The molecule has 2 aromatic carbocycles. The molecule has 140 valence electrons. The van der Waals surface area contributed by atoms with Gasteiger partial charge in [-0.05, 0) is 43.9 Å². The molecule has 0 radical (unpaired) electrons. The van der Waals surface area contributed by atoms with Crippen LogP contribution in [0.5, 0.6) is 0 Å². The minimum Gasteiger partial charge on any atom is -0.356 e. The summed E-state index contributed by atoms with van der Waals surface area (Å²) in [5.41, 5.74) is 3.13. The zero-order valence-corrected chi connectivity index (χ0v) is 15.5. The Balaban J connectivity index is 1.38. The van der Waals surface area contributed by atoms with Gasteiger partial charge in [-0.3, -0.25) is 19.3 Å². The molecule has 0 saturated carbocycles. The van der Waals surface area contributed by atoms with Crippen molar-refractivity contribution >= 4 is 17.7 Å². The van der Waals surface area contributed by atoms with E-state index in [0.717, 1.165) is 18.4 Å². The highest BCUT2D eigenvalue weighted by Gasteiger charge is 2.34. The van der Waals surface area contributed by atoms with Gasteiger partial charge in [-0.25, -0.2) is 0 Å². The summed E-state index contributed by atoms with van der Waals surface area (Å²) < 4.78 is 0. The first kappa shape index (κ1) is 18.8. The van der Waals surface area contributed by atoms with Gasteiger partial charge >= 0.3 is 0 Å². The summed E-state index contributed by atoms with van der Waals surface area (Å²) in [5, 5.41) is 2.90. The number of carbonyl (C=O) groups excluding carboxylic acids is 3. The SMILES string of the molecule is Cc1ccc2c(c1)C(=O)N(CCCC(=O)NCCCc1ccccc1)C2=O. The molecular weight excluding hydrogens is 340 g/mol. The van der Waals surface area contributed by atoms with E-state index in [9.17, 15) is 14.4 Å². The van der Waals surface area contributed by atoms with Crippen LogP contribution in [0.15, 0.2) is 48.5 Å². The molecule has 3 rings (SSSR count). The fourth-order valence-electron chi connectivity index (χ4n) is 3.26. The standard InChI is InChI=1S/C22H24N2O3/c1-16-11-12-18-19(15-16)22(27)24(21(18)26)14-6-10-20(25)23-13-5-9-17-7-3-2-4-8-17/h2-4,7-8,11-12,15H,5-6,9-10,13-14H2,1H3,(H,23,25). The molecule has 27 heavy (non-hydrogen) atoms. The first-order valence-corrected chi connectivity index (χ1v) is 9.34. The van der Waals surface area contributed by atoms with E-state index in [-0.39, 0.29) is 24.3 Å². The number of hydrogen-bond acceptors (Lipinski definition) is 3. The molecule has 0 saturated heterocycles. The van der Waals surface area contributed by atoms with Crippen molar-refractivity contribution in [2.24, 2.45) is 0 Å². The van der Waals surface area contributed by atoms with E-state index >= 15 is 0 Å². The number of amides is 3. The molecular formula is C22H24N2O3. The number of fused-ring (bicyclic) bond motifs is 1. The third-order valence-corrected chi connectivity index (χ3v) is 4.72. The van der Waals surface area contributed by atoms with E-state index in [1.807, 2.05) is 31.2 Å². The highest BCUT2D eigenvalue weighted by molar-refractivity contribution is 6.21. The van der Waals surface area contributed by atoms with Gasteiger partial charge in [-0.15, -0.1) is 0 Å². The van der Waals surface area contributed by atoms with Gasteiger partial charge in [0, 0.05) is 19.5 Å². The predicted octanol–water partition coefficient (Wildman–Crippen LogP) is 3.12. The van der Waals surface area contributed by atoms with Gasteiger partial charge in [0.15, 0.2) is 0 Å². The Morgan fingerprint density at radius 3 is 2.48 bits per heavy atom. The highest BCUT2D eigenvalue weighted by Crippen LogP contribution is 2.24. The molecule has 1 N–H and O–H groups in total. The Kier molecular flexibility index (Phi) is 6.01. The molecule has 0 aliphatic carbocycles. The number of rotatable bonds is 8. The van der Waals surface area contributed by atoms with Crippen LogP contribution in [0.1, 0.15) is 51.1 Å². The molecule has 0 bridgehead atoms. The van der Waals surface area contributed by atoms with Crippen LogP contribution in [0.2, 0.25) is 0 Å². The smallest absolute Gasteiger partial charge is 0.261 e. The first-order valence-electron chi connectivity index (χ1n) is 9.34. The lowest BCUT2D eigenvalue weighted by Gasteiger charge is -2.13. The average Bonchev–Trinajstić information content (AvgIpc) is 2.90. The third kappa shape index (κ3) is 4.61. The van der Waals surface area contributed by atoms with Crippen LogP contribution in [0.3, 0.4) is 0 Å². The summed E-state index contributed by atoms with van der Waals surface area (Å²) in [7, 11) is 0. The van der Waals surface area contributed by atoms with Crippen LogP contribution < -0.4 is 5.32 Å². The van der Waals surface area contributed by atoms with E-state index in [2.05, 4.69) is 17.4 Å². The Labute approximate surface area is 159 Å². The summed E-state index contributed by atoms with van der Waals surface area (Å²) in [5.74, 6) is -0.573. The van der Waals surface area contributed by atoms with Crippen molar-refractivity contribution in [1.82, 2.24) is 10.2 Å². The van der Waals surface area contributed by atoms with Gasteiger partial charge in [-0.2, -0.15) is 0 Å². The van der Waals surface area contributed by atoms with Crippen molar-refractivity contribution in [2.75, 3.05) is 13.1 Å². The predicted molar refractivity (Wildman–Crippen MR) is 104 cm³/mol. The fraction of sp³-hybridized carbons (Fsp3) is 0.318. The van der Waals surface area contributed by atoms with E-state index < -0.39 is 0 Å². The number of hydrogen-bond donors (Lipinski definition) is 1. The summed E-state index contributed by atoms with van der Waals surface area (Å²) in [4.78, 5) is 37.9. The minimum atomic E-state index is -0.265. The monoisotopic (exact) mass is 364 g/mol. The van der Waals surface area contributed by atoms with Gasteiger partial charge < -0.3 is 5.32 Å². The van der Waals surface area contributed by atoms with Crippen LogP contribution in [0.4, 0.5) is 0 Å². The Morgan fingerprint density at radius 2 is 1.70 bits per heavy atom. The lowest BCUT2D eigenvalue weighted by Crippen LogP contribution is -2.32. The van der Waals surface area contributed by atoms with Gasteiger partial charge in [0.25, 0.3) is 11.8 Å². The van der Waals surface area contributed by atoms with Crippen molar-refractivity contribution in [3.05, 3.63) is 70.8 Å². The normalized spacial score (nSPS) is 13.0. The summed E-state index contributed by atoms with van der Waals surface area (Å²) >= 11 is 0. The topological polar surface area (TPSA) is 66.5 Å². The second-order valence-electron chi connectivity index (χ2n) is 6.85. The average molecular weight is 364 g/mol. The quantitative estimate of drug-likeness (QED) is 0.578. The van der Waals surface area contributed by atoms with Crippen LogP contribution >= 0.6 is 0 Å². The van der Waals surface area contributed by atoms with E-state index in [1.165, 1.54) is 10.5 Å². The molecule has 3 amide bonds. The summed E-state index contributed by atoms with van der Waals surface area (Å²) in [6.45, 7) is 2.78. The molecule has 0 unspecified atom stereocenters. The van der Waals surface area contributed by atoms with E-state index in [4.69, 9.17) is 0 Å². The van der Waals surface area contributed by atoms with Crippen molar-refractivity contribution in [1.29, 1.82) is 0 Å². The van der Waals surface area contributed by atoms with Crippen molar-refractivity contribution in [3.8, 4) is 0 Å². The second-order valence-corrected chi connectivity index (χ2v) is 6.85. The van der Waals surface area contributed by atoms with Crippen molar-refractivity contribution in [2.45, 2.75) is 32.6 Å². The largest absolute Gasteiger partial charge is 0.356 e. The summed E-state index contributed by atoms with van der Waals surface area (Å²) in [6, 6.07) is 15.4.